The maximum Gasteiger partial charge on any atom is 0.288 e. The fourth-order valence-corrected chi connectivity index (χ4v) is 2.75. The maximum atomic E-state index is 12.4. The Labute approximate surface area is 122 Å². The number of rotatable bonds is 2. The standard InChI is InChI=1S/C14H17ClN2O3/c1-14(2)6-3-7-16(9-14)13(18)10-4-5-11(15)12(8-10)17(19)20/h4-5,8H,3,6-7,9H2,1-2H3. The minimum Gasteiger partial charge on any atom is -0.338 e. The van der Waals surface area contributed by atoms with Gasteiger partial charge in [0.05, 0.1) is 4.92 Å². The van der Waals surface area contributed by atoms with Crippen LogP contribution in [0.15, 0.2) is 18.2 Å². The number of amides is 1. The molecule has 0 aromatic heterocycles. The third kappa shape index (κ3) is 3.10. The number of hydrogen-bond acceptors (Lipinski definition) is 3. The van der Waals surface area contributed by atoms with Gasteiger partial charge in [0.2, 0.25) is 0 Å². The minimum absolute atomic E-state index is 0.0468. The van der Waals surface area contributed by atoms with Gasteiger partial charge in [0.1, 0.15) is 5.02 Å². The Kier molecular flexibility index (Phi) is 3.99. The third-order valence-electron chi connectivity index (χ3n) is 3.58. The van der Waals surface area contributed by atoms with Crippen molar-refractivity contribution in [1.82, 2.24) is 4.90 Å². The molecule has 0 unspecified atom stereocenters. The number of likely N-dealkylation sites (tertiary alicyclic amines) is 1. The average molecular weight is 297 g/mol. The van der Waals surface area contributed by atoms with E-state index in [-0.39, 0.29) is 22.0 Å². The summed E-state index contributed by atoms with van der Waals surface area (Å²) in [5.74, 6) is -0.169. The SMILES string of the molecule is CC1(C)CCCN(C(=O)c2ccc(Cl)c([N+](=O)[O-])c2)C1. The number of nitro groups is 1. The molecule has 1 aromatic carbocycles. The average Bonchev–Trinajstić information content (AvgIpc) is 2.37. The zero-order valence-electron chi connectivity index (χ0n) is 11.6. The summed E-state index contributed by atoms with van der Waals surface area (Å²) in [5.41, 5.74) is 0.180. The lowest BCUT2D eigenvalue weighted by Crippen LogP contribution is -2.43. The fourth-order valence-electron chi connectivity index (χ4n) is 2.56. The highest BCUT2D eigenvalue weighted by Crippen LogP contribution is 2.30. The molecule has 108 valence electrons. The van der Waals surface area contributed by atoms with Crippen LogP contribution in [0.4, 0.5) is 5.69 Å². The summed E-state index contributed by atoms with van der Waals surface area (Å²) in [6.07, 6.45) is 2.03. The molecule has 5 nitrogen and oxygen atoms in total. The van der Waals surface area contributed by atoms with E-state index in [1.807, 2.05) is 0 Å². The van der Waals surface area contributed by atoms with Gasteiger partial charge in [-0.2, -0.15) is 0 Å². The summed E-state index contributed by atoms with van der Waals surface area (Å²) in [5, 5.41) is 10.9. The zero-order valence-corrected chi connectivity index (χ0v) is 12.3. The molecule has 1 fully saturated rings. The molecule has 6 heteroatoms. The van der Waals surface area contributed by atoms with Crippen LogP contribution in [0.1, 0.15) is 37.0 Å². The van der Waals surface area contributed by atoms with Crippen molar-refractivity contribution < 1.29 is 9.72 Å². The van der Waals surface area contributed by atoms with Crippen LogP contribution in [0.25, 0.3) is 0 Å². The van der Waals surface area contributed by atoms with Gasteiger partial charge in [-0.05, 0) is 30.4 Å². The summed E-state index contributed by atoms with van der Waals surface area (Å²) < 4.78 is 0. The van der Waals surface area contributed by atoms with E-state index < -0.39 is 4.92 Å². The molecule has 1 aliphatic heterocycles. The topological polar surface area (TPSA) is 63.5 Å². The van der Waals surface area contributed by atoms with Gasteiger partial charge in [0, 0.05) is 24.7 Å². The van der Waals surface area contributed by atoms with Crippen molar-refractivity contribution in [1.29, 1.82) is 0 Å². The normalized spacial score (nSPS) is 17.9. The van der Waals surface area contributed by atoms with Crippen molar-refractivity contribution in [2.75, 3.05) is 13.1 Å². The van der Waals surface area contributed by atoms with E-state index in [2.05, 4.69) is 13.8 Å². The van der Waals surface area contributed by atoms with E-state index in [1.54, 1.807) is 11.0 Å². The van der Waals surface area contributed by atoms with Gasteiger partial charge in [-0.25, -0.2) is 0 Å². The fraction of sp³-hybridized carbons (Fsp3) is 0.500. The molecule has 0 saturated carbocycles. The summed E-state index contributed by atoms with van der Waals surface area (Å²) in [6.45, 7) is 5.61. The van der Waals surface area contributed by atoms with E-state index >= 15 is 0 Å². The first kappa shape index (κ1) is 14.8. The molecule has 1 amide bonds. The molecule has 20 heavy (non-hydrogen) atoms. The highest BCUT2D eigenvalue weighted by atomic mass is 35.5. The van der Waals surface area contributed by atoms with Crippen molar-refractivity contribution in [3.63, 3.8) is 0 Å². The maximum absolute atomic E-state index is 12.4. The molecule has 1 aliphatic rings. The Morgan fingerprint density at radius 1 is 1.45 bits per heavy atom. The van der Waals surface area contributed by atoms with Crippen LogP contribution in [0.3, 0.4) is 0 Å². The van der Waals surface area contributed by atoms with Crippen molar-refractivity contribution in [3.8, 4) is 0 Å². The highest BCUT2D eigenvalue weighted by molar-refractivity contribution is 6.32. The summed E-state index contributed by atoms with van der Waals surface area (Å²) in [4.78, 5) is 24.5. The van der Waals surface area contributed by atoms with E-state index in [0.29, 0.717) is 18.7 Å². The van der Waals surface area contributed by atoms with Crippen LogP contribution in [-0.4, -0.2) is 28.8 Å². The molecular formula is C14H17ClN2O3. The zero-order chi connectivity index (χ0) is 14.9. The molecular weight excluding hydrogens is 280 g/mol. The summed E-state index contributed by atoms with van der Waals surface area (Å²) in [6, 6.07) is 4.20. The van der Waals surface area contributed by atoms with E-state index in [1.165, 1.54) is 12.1 Å². The van der Waals surface area contributed by atoms with Gasteiger partial charge in [0.25, 0.3) is 11.6 Å². The Balaban J connectivity index is 2.25. The lowest BCUT2D eigenvalue weighted by atomic mass is 9.84. The lowest BCUT2D eigenvalue weighted by Gasteiger charge is -2.38. The monoisotopic (exact) mass is 296 g/mol. The molecule has 0 radical (unpaired) electrons. The first-order chi connectivity index (χ1) is 9.30. The highest BCUT2D eigenvalue weighted by Gasteiger charge is 2.30. The number of piperidine rings is 1. The van der Waals surface area contributed by atoms with Crippen molar-refractivity contribution >= 4 is 23.2 Å². The molecule has 0 spiro atoms. The third-order valence-corrected chi connectivity index (χ3v) is 3.90. The molecule has 0 bridgehead atoms. The Morgan fingerprint density at radius 3 is 2.75 bits per heavy atom. The number of hydrogen-bond donors (Lipinski definition) is 0. The Bertz CT molecular complexity index is 557. The number of carbonyl (C=O) groups excluding carboxylic acids is 1. The molecule has 1 heterocycles. The van der Waals surface area contributed by atoms with E-state index in [4.69, 9.17) is 11.6 Å². The number of nitrogens with zero attached hydrogens (tertiary/aromatic N) is 2. The van der Waals surface area contributed by atoms with Gasteiger partial charge in [-0.15, -0.1) is 0 Å². The van der Waals surface area contributed by atoms with Crippen LogP contribution >= 0.6 is 11.6 Å². The van der Waals surface area contributed by atoms with Gasteiger partial charge in [-0.3, -0.25) is 14.9 Å². The molecule has 0 atom stereocenters. The van der Waals surface area contributed by atoms with Crippen molar-refractivity contribution in [3.05, 3.63) is 38.9 Å². The quantitative estimate of drug-likeness (QED) is 0.619. The molecule has 1 saturated heterocycles. The van der Waals surface area contributed by atoms with Gasteiger partial charge < -0.3 is 4.90 Å². The number of benzene rings is 1. The minimum atomic E-state index is -0.570. The van der Waals surface area contributed by atoms with Crippen molar-refractivity contribution in [2.24, 2.45) is 5.41 Å². The first-order valence-electron chi connectivity index (χ1n) is 6.53. The van der Waals surface area contributed by atoms with Crippen LogP contribution in [0.5, 0.6) is 0 Å². The molecule has 0 N–H and O–H groups in total. The number of carbonyl (C=O) groups is 1. The second kappa shape index (κ2) is 5.40. The van der Waals surface area contributed by atoms with Crippen LogP contribution in [-0.2, 0) is 0 Å². The predicted molar refractivity (Wildman–Crippen MR) is 77.0 cm³/mol. The Hall–Kier alpha value is -1.62. The molecule has 2 rings (SSSR count). The van der Waals surface area contributed by atoms with E-state index in [0.717, 1.165) is 12.8 Å². The van der Waals surface area contributed by atoms with Gasteiger partial charge >= 0.3 is 0 Å². The Morgan fingerprint density at radius 2 is 2.15 bits per heavy atom. The molecule has 1 aromatic rings. The van der Waals surface area contributed by atoms with Crippen LogP contribution in [0, 0.1) is 15.5 Å². The van der Waals surface area contributed by atoms with Crippen LogP contribution in [0.2, 0.25) is 5.02 Å². The predicted octanol–water partition coefficient (Wildman–Crippen LogP) is 3.51. The number of halogens is 1. The second-order valence-electron chi connectivity index (χ2n) is 5.92. The summed E-state index contributed by atoms with van der Waals surface area (Å²) in [7, 11) is 0. The number of nitro benzene ring substituents is 1. The van der Waals surface area contributed by atoms with Gasteiger partial charge in [-0.1, -0.05) is 25.4 Å². The second-order valence-corrected chi connectivity index (χ2v) is 6.32. The lowest BCUT2D eigenvalue weighted by molar-refractivity contribution is -0.384. The smallest absolute Gasteiger partial charge is 0.288 e. The largest absolute Gasteiger partial charge is 0.338 e. The summed E-state index contributed by atoms with van der Waals surface area (Å²) >= 11 is 5.76. The molecule has 0 aliphatic carbocycles. The van der Waals surface area contributed by atoms with Gasteiger partial charge in [0.15, 0.2) is 0 Å². The van der Waals surface area contributed by atoms with E-state index in [9.17, 15) is 14.9 Å². The first-order valence-corrected chi connectivity index (χ1v) is 6.91. The van der Waals surface area contributed by atoms with Crippen LogP contribution < -0.4 is 0 Å². The van der Waals surface area contributed by atoms with Crippen molar-refractivity contribution in [2.45, 2.75) is 26.7 Å².